The first kappa shape index (κ1) is 21.2. The number of Topliss-reactive ketones (excluding diaryl/α,β-unsaturated/α-hetero) is 1. The van der Waals surface area contributed by atoms with Crippen molar-refractivity contribution in [3.63, 3.8) is 0 Å². The highest BCUT2D eigenvalue weighted by molar-refractivity contribution is 5.94. The summed E-state index contributed by atoms with van der Waals surface area (Å²) in [6, 6.07) is 15.1. The van der Waals surface area contributed by atoms with Gasteiger partial charge in [0, 0.05) is 11.3 Å². The van der Waals surface area contributed by atoms with Crippen LogP contribution in [0.25, 0.3) is 0 Å². The number of nitrogens with zero attached hydrogens (tertiary/aromatic N) is 3. The van der Waals surface area contributed by atoms with Crippen molar-refractivity contribution in [2.24, 2.45) is 0 Å². The summed E-state index contributed by atoms with van der Waals surface area (Å²) >= 11 is 0. The van der Waals surface area contributed by atoms with Crippen LogP contribution in [0, 0.1) is 10.1 Å². The number of carbonyl (C=O) groups excluding carboxylic acids is 2. The van der Waals surface area contributed by atoms with E-state index in [0.717, 1.165) is 6.33 Å². The summed E-state index contributed by atoms with van der Waals surface area (Å²) in [6.07, 6.45) is 1.11. The smallest absolute Gasteiger partial charge is 0.355 e. The average Bonchev–Trinajstić information content (AvgIpc) is 2.77. The number of hydrogen-bond acceptors (Lipinski definition) is 9. The molecule has 0 unspecified atom stereocenters. The van der Waals surface area contributed by atoms with Crippen molar-refractivity contribution in [1.82, 2.24) is 15.4 Å². The number of benzene rings is 2. The van der Waals surface area contributed by atoms with Crippen LogP contribution in [0.4, 0.5) is 23.0 Å². The number of hydrogen-bond donors (Lipinski definition) is 3. The first-order valence-electron chi connectivity index (χ1n) is 9.04. The van der Waals surface area contributed by atoms with Crippen LogP contribution >= 0.6 is 0 Å². The van der Waals surface area contributed by atoms with Gasteiger partial charge in [-0.15, -0.1) is 0 Å². The molecule has 0 saturated heterocycles. The fourth-order valence-corrected chi connectivity index (χ4v) is 2.49. The van der Waals surface area contributed by atoms with Crippen molar-refractivity contribution < 1.29 is 19.2 Å². The quantitative estimate of drug-likeness (QED) is 0.269. The van der Waals surface area contributed by atoms with E-state index in [1.165, 1.54) is 6.92 Å². The molecule has 2 aromatic carbocycles. The molecule has 31 heavy (non-hydrogen) atoms. The van der Waals surface area contributed by atoms with Crippen LogP contribution < -0.4 is 20.9 Å². The van der Waals surface area contributed by atoms with E-state index in [2.05, 4.69) is 26.1 Å². The molecule has 0 radical (unpaired) electrons. The zero-order valence-electron chi connectivity index (χ0n) is 16.4. The van der Waals surface area contributed by atoms with Gasteiger partial charge in [0.15, 0.2) is 12.4 Å². The van der Waals surface area contributed by atoms with Gasteiger partial charge in [0.1, 0.15) is 12.1 Å². The molecular weight excluding hydrogens is 404 g/mol. The molecule has 0 bridgehead atoms. The van der Waals surface area contributed by atoms with Crippen LogP contribution in [0.5, 0.6) is 5.75 Å². The van der Waals surface area contributed by atoms with Gasteiger partial charge in [-0.25, -0.2) is 9.97 Å². The largest absolute Gasteiger partial charge is 0.484 e. The summed E-state index contributed by atoms with van der Waals surface area (Å²) in [5.74, 6) is -0.458. The summed E-state index contributed by atoms with van der Waals surface area (Å²) in [6.45, 7) is 1.14. The maximum atomic E-state index is 12.0. The molecule has 3 rings (SSSR count). The van der Waals surface area contributed by atoms with E-state index >= 15 is 0 Å². The van der Waals surface area contributed by atoms with Crippen molar-refractivity contribution in [3.8, 4) is 5.75 Å². The molecule has 11 nitrogen and oxygen atoms in total. The van der Waals surface area contributed by atoms with Crippen molar-refractivity contribution in [2.75, 3.05) is 17.3 Å². The lowest BCUT2D eigenvalue weighted by Crippen LogP contribution is -2.34. The van der Waals surface area contributed by atoms with Crippen LogP contribution in [0.1, 0.15) is 17.3 Å². The number of rotatable bonds is 9. The predicted octanol–water partition coefficient (Wildman–Crippen LogP) is 2.85. The van der Waals surface area contributed by atoms with E-state index in [0.29, 0.717) is 17.0 Å². The SMILES string of the molecule is CC(=O)c1ccc(Nc2ncnc(NNC(=O)COc3ccccc3)c2[N+](=O)[O-])cc1. The second-order valence-electron chi connectivity index (χ2n) is 6.21. The number of hydrazine groups is 1. The molecule has 3 N–H and O–H groups in total. The molecule has 11 heteroatoms. The maximum Gasteiger partial charge on any atom is 0.355 e. The predicted molar refractivity (Wildman–Crippen MR) is 112 cm³/mol. The van der Waals surface area contributed by atoms with Crippen LogP contribution in [0.2, 0.25) is 0 Å². The fourth-order valence-electron chi connectivity index (χ4n) is 2.49. The summed E-state index contributed by atoms with van der Waals surface area (Å²) in [5, 5.41) is 14.4. The zero-order valence-corrected chi connectivity index (χ0v) is 16.4. The first-order valence-corrected chi connectivity index (χ1v) is 9.04. The van der Waals surface area contributed by atoms with Gasteiger partial charge in [0.05, 0.1) is 4.92 Å². The molecule has 0 aliphatic rings. The molecule has 0 aliphatic heterocycles. The third kappa shape index (κ3) is 5.73. The van der Waals surface area contributed by atoms with E-state index in [4.69, 9.17) is 4.74 Å². The second kappa shape index (κ2) is 9.78. The lowest BCUT2D eigenvalue weighted by Gasteiger charge is -2.11. The van der Waals surface area contributed by atoms with E-state index in [1.807, 2.05) is 6.07 Å². The molecule has 0 atom stereocenters. The molecular formula is C20H18N6O5. The van der Waals surface area contributed by atoms with Crippen LogP contribution in [-0.2, 0) is 4.79 Å². The molecule has 0 spiro atoms. The average molecular weight is 422 g/mol. The van der Waals surface area contributed by atoms with Crippen molar-refractivity contribution in [3.05, 3.63) is 76.6 Å². The maximum absolute atomic E-state index is 12.0. The third-order valence-electron chi connectivity index (χ3n) is 3.99. The Morgan fingerprint density at radius 3 is 2.35 bits per heavy atom. The second-order valence-corrected chi connectivity index (χ2v) is 6.21. The number of para-hydroxylation sites is 1. The summed E-state index contributed by atoms with van der Waals surface area (Å²) in [5.41, 5.74) is 5.24. The number of ether oxygens (including phenoxy) is 1. The Hall–Kier alpha value is -4.54. The van der Waals surface area contributed by atoms with Crippen molar-refractivity contribution >= 4 is 34.7 Å². The van der Waals surface area contributed by atoms with E-state index in [9.17, 15) is 19.7 Å². The molecule has 0 fully saturated rings. The number of nitrogens with one attached hydrogen (secondary N) is 3. The van der Waals surface area contributed by atoms with E-state index in [-0.39, 0.29) is 24.0 Å². The Labute approximate surface area is 176 Å². The van der Waals surface area contributed by atoms with Gasteiger partial charge in [0.2, 0.25) is 11.6 Å². The van der Waals surface area contributed by atoms with E-state index in [1.54, 1.807) is 48.5 Å². The molecule has 0 aliphatic carbocycles. The standard InChI is InChI=1S/C20H18N6O5/c1-13(27)14-7-9-15(10-8-14)23-19-18(26(29)30)20(22-12-21-19)25-24-17(28)11-31-16-5-3-2-4-6-16/h2-10,12H,11H2,1H3,(H,24,28)(H2,21,22,23,25). The highest BCUT2D eigenvalue weighted by Gasteiger charge is 2.23. The topological polar surface area (TPSA) is 148 Å². The van der Waals surface area contributed by atoms with Crippen molar-refractivity contribution in [1.29, 1.82) is 0 Å². The summed E-state index contributed by atoms with van der Waals surface area (Å²) in [7, 11) is 0. The van der Waals surface area contributed by atoms with Crippen LogP contribution in [0.3, 0.4) is 0 Å². The molecule has 3 aromatic rings. The minimum atomic E-state index is -0.679. The Morgan fingerprint density at radius 2 is 1.71 bits per heavy atom. The number of nitro groups is 1. The number of amides is 1. The van der Waals surface area contributed by atoms with Gasteiger partial charge >= 0.3 is 5.69 Å². The van der Waals surface area contributed by atoms with Gasteiger partial charge in [-0.1, -0.05) is 18.2 Å². The highest BCUT2D eigenvalue weighted by atomic mass is 16.6. The van der Waals surface area contributed by atoms with Crippen LogP contribution in [-0.4, -0.2) is 33.2 Å². The normalized spacial score (nSPS) is 10.1. The van der Waals surface area contributed by atoms with Gasteiger partial charge in [-0.3, -0.25) is 30.6 Å². The Kier molecular flexibility index (Phi) is 6.68. The fraction of sp³-hybridized carbons (Fsp3) is 0.100. The Morgan fingerprint density at radius 1 is 1.03 bits per heavy atom. The number of ketones is 1. The molecule has 1 heterocycles. The highest BCUT2D eigenvalue weighted by Crippen LogP contribution is 2.30. The molecule has 1 aromatic heterocycles. The number of aromatic nitrogens is 2. The minimum absolute atomic E-state index is 0.0899. The first-order chi connectivity index (χ1) is 14.9. The summed E-state index contributed by atoms with van der Waals surface area (Å²) in [4.78, 5) is 42.0. The van der Waals surface area contributed by atoms with Crippen molar-refractivity contribution in [2.45, 2.75) is 6.92 Å². The lowest BCUT2D eigenvalue weighted by molar-refractivity contribution is -0.383. The van der Waals surface area contributed by atoms with E-state index < -0.39 is 16.5 Å². The molecule has 0 saturated carbocycles. The Balaban J connectivity index is 1.68. The lowest BCUT2D eigenvalue weighted by atomic mass is 10.1. The summed E-state index contributed by atoms with van der Waals surface area (Å²) < 4.78 is 5.31. The Bertz CT molecular complexity index is 1090. The molecule has 158 valence electrons. The van der Waals surface area contributed by atoms with Gasteiger partial charge in [-0.05, 0) is 43.3 Å². The third-order valence-corrected chi connectivity index (χ3v) is 3.99. The van der Waals surface area contributed by atoms with Gasteiger partial charge in [-0.2, -0.15) is 0 Å². The van der Waals surface area contributed by atoms with Gasteiger partial charge in [0.25, 0.3) is 5.91 Å². The minimum Gasteiger partial charge on any atom is -0.484 e. The number of anilines is 3. The number of carbonyl (C=O) groups is 2. The van der Waals surface area contributed by atoms with Crippen LogP contribution in [0.15, 0.2) is 60.9 Å². The monoisotopic (exact) mass is 422 g/mol. The van der Waals surface area contributed by atoms with Gasteiger partial charge < -0.3 is 10.1 Å². The zero-order chi connectivity index (χ0) is 22.2. The molecule has 1 amide bonds.